The van der Waals surface area contributed by atoms with Crippen LogP contribution in [0.25, 0.3) is 0 Å². The minimum Gasteiger partial charge on any atom is -0.340 e. The van der Waals surface area contributed by atoms with Crippen molar-refractivity contribution in [2.75, 3.05) is 25.5 Å². The van der Waals surface area contributed by atoms with Gasteiger partial charge in [-0.2, -0.15) is 0 Å². The number of thiophene rings is 1. The standard InChI is InChI=1S/C19H23N3O2S/c1-13(20-19(24)17-4-3-11-25-17)18(23)21-16-6-5-14-7-9-22(2)10-8-15(14)12-16/h3-6,11-13H,7-10H2,1-2H3,(H,20,24)(H,21,23)/t13-/m0/s1. The summed E-state index contributed by atoms with van der Waals surface area (Å²) in [6.45, 7) is 3.78. The third kappa shape index (κ3) is 4.46. The van der Waals surface area contributed by atoms with Crippen molar-refractivity contribution in [2.45, 2.75) is 25.8 Å². The zero-order valence-electron chi connectivity index (χ0n) is 14.5. The van der Waals surface area contributed by atoms with Crippen molar-refractivity contribution in [2.24, 2.45) is 0 Å². The lowest BCUT2D eigenvalue weighted by Gasteiger charge is -2.15. The normalized spacial score (nSPS) is 15.8. The van der Waals surface area contributed by atoms with Gasteiger partial charge in [-0.15, -0.1) is 11.3 Å². The van der Waals surface area contributed by atoms with Crippen molar-refractivity contribution in [3.63, 3.8) is 0 Å². The van der Waals surface area contributed by atoms with Gasteiger partial charge in [0.2, 0.25) is 5.91 Å². The molecule has 0 aliphatic carbocycles. The first kappa shape index (κ1) is 17.6. The molecule has 1 aromatic heterocycles. The van der Waals surface area contributed by atoms with Gasteiger partial charge in [-0.3, -0.25) is 9.59 Å². The van der Waals surface area contributed by atoms with Gasteiger partial charge in [0.15, 0.2) is 0 Å². The molecule has 0 saturated carbocycles. The van der Waals surface area contributed by atoms with Crippen molar-refractivity contribution >= 4 is 28.8 Å². The number of benzene rings is 1. The second kappa shape index (κ2) is 7.80. The second-order valence-electron chi connectivity index (χ2n) is 6.45. The van der Waals surface area contributed by atoms with E-state index < -0.39 is 6.04 Å². The van der Waals surface area contributed by atoms with Gasteiger partial charge in [-0.1, -0.05) is 12.1 Å². The van der Waals surface area contributed by atoms with E-state index in [4.69, 9.17) is 0 Å². The number of fused-ring (bicyclic) bond motifs is 1. The minimum atomic E-state index is -0.598. The molecule has 0 bridgehead atoms. The number of hydrogen-bond donors (Lipinski definition) is 2. The summed E-state index contributed by atoms with van der Waals surface area (Å²) in [6.07, 6.45) is 2.02. The Morgan fingerprint density at radius 3 is 2.64 bits per heavy atom. The maximum atomic E-state index is 12.4. The Kier molecular flexibility index (Phi) is 5.50. The molecule has 1 aliphatic heterocycles. The van der Waals surface area contributed by atoms with Crippen LogP contribution in [0, 0.1) is 0 Å². The molecule has 0 radical (unpaired) electrons. The van der Waals surface area contributed by atoms with Crippen molar-refractivity contribution in [1.82, 2.24) is 10.2 Å². The fourth-order valence-electron chi connectivity index (χ4n) is 2.91. The molecule has 2 heterocycles. The summed E-state index contributed by atoms with van der Waals surface area (Å²) in [5.74, 6) is -0.432. The number of likely N-dealkylation sites (N-methyl/N-ethyl adjacent to an activating group) is 1. The van der Waals surface area contributed by atoms with Gasteiger partial charge in [0, 0.05) is 18.8 Å². The number of hydrogen-bond acceptors (Lipinski definition) is 4. The monoisotopic (exact) mass is 357 g/mol. The molecule has 25 heavy (non-hydrogen) atoms. The van der Waals surface area contributed by atoms with Crippen LogP contribution in [0.3, 0.4) is 0 Å². The summed E-state index contributed by atoms with van der Waals surface area (Å²) in [5.41, 5.74) is 3.42. The highest BCUT2D eigenvalue weighted by Gasteiger charge is 2.18. The third-order valence-electron chi connectivity index (χ3n) is 4.49. The third-order valence-corrected chi connectivity index (χ3v) is 5.35. The van der Waals surface area contributed by atoms with Gasteiger partial charge >= 0.3 is 0 Å². The Balaban J connectivity index is 1.62. The van der Waals surface area contributed by atoms with Crippen LogP contribution in [0.15, 0.2) is 35.7 Å². The van der Waals surface area contributed by atoms with Crippen LogP contribution in [0.2, 0.25) is 0 Å². The highest BCUT2D eigenvalue weighted by Crippen LogP contribution is 2.20. The summed E-state index contributed by atoms with van der Waals surface area (Å²) in [4.78, 5) is 27.3. The molecule has 1 aliphatic rings. The lowest BCUT2D eigenvalue weighted by Crippen LogP contribution is -2.41. The maximum absolute atomic E-state index is 12.4. The Hall–Kier alpha value is -2.18. The largest absolute Gasteiger partial charge is 0.340 e. The molecule has 2 amide bonds. The Labute approximate surface area is 152 Å². The van der Waals surface area contributed by atoms with Crippen molar-refractivity contribution in [3.05, 3.63) is 51.7 Å². The van der Waals surface area contributed by atoms with Crippen LogP contribution in [0.1, 0.15) is 27.7 Å². The van der Waals surface area contributed by atoms with Crippen molar-refractivity contribution in [3.8, 4) is 0 Å². The van der Waals surface area contributed by atoms with E-state index in [0.29, 0.717) is 4.88 Å². The quantitative estimate of drug-likeness (QED) is 0.884. The number of carbonyl (C=O) groups is 2. The Bertz CT molecular complexity index is 758. The summed E-state index contributed by atoms with van der Waals surface area (Å²) in [6, 6.07) is 9.06. The molecule has 3 rings (SSSR count). The fraction of sp³-hybridized carbons (Fsp3) is 0.368. The zero-order chi connectivity index (χ0) is 17.8. The van der Waals surface area contributed by atoms with E-state index in [0.717, 1.165) is 31.6 Å². The average Bonchev–Trinajstić information content (AvgIpc) is 3.07. The molecule has 2 aromatic rings. The van der Waals surface area contributed by atoms with E-state index in [2.05, 4.69) is 34.7 Å². The minimum absolute atomic E-state index is 0.212. The number of rotatable bonds is 4. The molecule has 1 aromatic carbocycles. The average molecular weight is 357 g/mol. The van der Waals surface area contributed by atoms with E-state index in [1.54, 1.807) is 13.0 Å². The molecule has 132 valence electrons. The van der Waals surface area contributed by atoms with Crippen LogP contribution in [-0.2, 0) is 17.6 Å². The molecule has 0 fully saturated rings. The van der Waals surface area contributed by atoms with Gasteiger partial charge in [0.05, 0.1) is 4.88 Å². The van der Waals surface area contributed by atoms with Gasteiger partial charge in [0.25, 0.3) is 5.91 Å². The molecular weight excluding hydrogens is 334 g/mol. The van der Waals surface area contributed by atoms with Gasteiger partial charge in [0.1, 0.15) is 6.04 Å². The van der Waals surface area contributed by atoms with Gasteiger partial charge < -0.3 is 15.5 Å². The molecule has 0 spiro atoms. The predicted molar refractivity (Wildman–Crippen MR) is 101 cm³/mol. The molecule has 0 unspecified atom stereocenters. The summed E-state index contributed by atoms with van der Waals surface area (Å²) < 4.78 is 0. The van der Waals surface area contributed by atoms with Crippen LogP contribution in [0.5, 0.6) is 0 Å². The Morgan fingerprint density at radius 2 is 1.92 bits per heavy atom. The lowest BCUT2D eigenvalue weighted by molar-refractivity contribution is -0.117. The van der Waals surface area contributed by atoms with Crippen molar-refractivity contribution in [1.29, 1.82) is 0 Å². The van der Waals surface area contributed by atoms with Crippen LogP contribution < -0.4 is 10.6 Å². The second-order valence-corrected chi connectivity index (χ2v) is 7.40. The first-order valence-corrected chi connectivity index (χ1v) is 9.36. The Morgan fingerprint density at radius 1 is 1.16 bits per heavy atom. The van der Waals surface area contributed by atoms with Gasteiger partial charge in [-0.25, -0.2) is 0 Å². The topological polar surface area (TPSA) is 61.4 Å². The van der Waals surface area contributed by atoms with E-state index in [-0.39, 0.29) is 11.8 Å². The molecule has 5 nitrogen and oxygen atoms in total. The number of amides is 2. The molecule has 2 N–H and O–H groups in total. The van der Waals surface area contributed by atoms with Gasteiger partial charge in [-0.05, 0) is 61.5 Å². The predicted octanol–water partition coefficient (Wildman–Crippen LogP) is 2.54. The fourth-order valence-corrected chi connectivity index (χ4v) is 3.53. The van der Waals surface area contributed by atoms with Crippen LogP contribution >= 0.6 is 11.3 Å². The van der Waals surface area contributed by atoms with E-state index in [9.17, 15) is 9.59 Å². The first-order chi connectivity index (χ1) is 12.0. The SMILES string of the molecule is C[C@H](NC(=O)c1cccs1)C(=O)Nc1ccc2c(c1)CCN(C)CC2. The molecular formula is C19H23N3O2S. The summed E-state index contributed by atoms with van der Waals surface area (Å²) in [5, 5.41) is 7.48. The van der Waals surface area contributed by atoms with Crippen molar-refractivity contribution < 1.29 is 9.59 Å². The van der Waals surface area contributed by atoms with E-state index in [1.807, 2.05) is 17.5 Å². The number of carbonyl (C=O) groups excluding carboxylic acids is 2. The highest BCUT2D eigenvalue weighted by atomic mass is 32.1. The van der Waals surface area contributed by atoms with Crippen LogP contribution in [0.4, 0.5) is 5.69 Å². The van der Waals surface area contributed by atoms with E-state index >= 15 is 0 Å². The summed E-state index contributed by atoms with van der Waals surface area (Å²) >= 11 is 1.36. The maximum Gasteiger partial charge on any atom is 0.261 e. The zero-order valence-corrected chi connectivity index (χ0v) is 15.4. The highest BCUT2D eigenvalue weighted by molar-refractivity contribution is 7.12. The summed E-state index contributed by atoms with van der Waals surface area (Å²) in [7, 11) is 2.13. The van der Waals surface area contributed by atoms with Crippen LogP contribution in [-0.4, -0.2) is 42.9 Å². The molecule has 0 saturated heterocycles. The van der Waals surface area contributed by atoms with E-state index in [1.165, 1.54) is 22.5 Å². The molecule has 6 heteroatoms. The molecule has 1 atom stereocenters. The lowest BCUT2D eigenvalue weighted by atomic mass is 10.0. The first-order valence-electron chi connectivity index (χ1n) is 8.48. The number of anilines is 1. The number of nitrogens with zero attached hydrogens (tertiary/aromatic N) is 1. The smallest absolute Gasteiger partial charge is 0.261 e. The number of nitrogens with one attached hydrogen (secondary N) is 2.